The highest BCUT2D eigenvalue weighted by Gasteiger charge is 2.16. The van der Waals surface area contributed by atoms with Crippen LogP contribution in [0.3, 0.4) is 0 Å². The summed E-state index contributed by atoms with van der Waals surface area (Å²) >= 11 is 1.32. The second-order valence-corrected chi connectivity index (χ2v) is 7.77. The number of carbonyl (C=O) groups excluding carboxylic acids is 1. The molecule has 1 N–H and O–H groups in total. The Hall–Kier alpha value is -2.52. The number of benzene rings is 1. The summed E-state index contributed by atoms with van der Waals surface area (Å²) in [6.07, 6.45) is 5.75. The lowest BCUT2D eigenvalue weighted by Crippen LogP contribution is -2.37. The summed E-state index contributed by atoms with van der Waals surface area (Å²) in [5, 5.41) is 13.1. The molecule has 1 fully saturated rings. The number of hydrogen-bond acceptors (Lipinski definition) is 5. The normalized spacial score (nSPS) is 14.3. The molecule has 5 nitrogen and oxygen atoms in total. The van der Waals surface area contributed by atoms with Crippen molar-refractivity contribution in [3.63, 3.8) is 0 Å². The van der Waals surface area contributed by atoms with Crippen molar-refractivity contribution in [2.45, 2.75) is 50.1 Å². The van der Waals surface area contributed by atoms with Crippen molar-refractivity contribution in [1.82, 2.24) is 10.3 Å². The molecule has 0 radical (unpaired) electrons. The molecule has 1 aromatic heterocycles. The minimum absolute atomic E-state index is 0.00839. The van der Waals surface area contributed by atoms with E-state index in [1.54, 1.807) is 6.07 Å². The molecule has 0 atom stereocenters. The largest absolute Gasteiger partial charge is 0.494 e. The Bertz CT molecular complexity index is 840. The van der Waals surface area contributed by atoms with Gasteiger partial charge in [-0.1, -0.05) is 31.0 Å². The third-order valence-corrected chi connectivity index (χ3v) is 5.74. The second kappa shape index (κ2) is 10.1. The molecular formula is C22H25N3O2S. The molecule has 28 heavy (non-hydrogen) atoms. The van der Waals surface area contributed by atoms with Gasteiger partial charge in [0.1, 0.15) is 16.8 Å². The van der Waals surface area contributed by atoms with Gasteiger partial charge in [0, 0.05) is 11.6 Å². The maximum absolute atomic E-state index is 12.3. The first-order chi connectivity index (χ1) is 13.7. The van der Waals surface area contributed by atoms with E-state index in [4.69, 9.17) is 4.74 Å². The highest BCUT2D eigenvalue weighted by Crippen LogP contribution is 2.27. The van der Waals surface area contributed by atoms with Crippen LogP contribution in [0.2, 0.25) is 0 Å². The maximum Gasteiger partial charge on any atom is 0.230 e. The number of pyridine rings is 1. The first kappa shape index (κ1) is 20.2. The number of thioether (sulfide) groups is 1. The molecule has 1 saturated carbocycles. The summed E-state index contributed by atoms with van der Waals surface area (Å²) < 4.78 is 5.47. The zero-order valence-electron chi connectivity index (χ0n) is 16.1. The zero-order chi connectivity index (χ0) is 19.8. The van der Waals surface area contributed by atoms with Gasteiger partial charge in [0.2, 0.25) is 5.91 Å². The molecule has 1 heterocycles. The molecule has 2 aromatic rings. The van der Waals surface area contributed by atoms with Crippen molar-refractivity contribution >= 4 is 17.7 Å². The Morgan fingerprint density at radius 3 is 2.64 bits per heavy atom. The number of rotatable bonds is 7. The average Bonchev–Trinajstić information content (AvgIpc) is 2.73. The summed E-state index contributed by atoms with van der Waals surface area (Å²) in [6, 6.07) is 13.8. The molecule has 1 amide bonds. The predicted octanol–water partition coefficient (Wildman–Crippen LogP) is 4.56. The highest BCUT2D eigenvalue weighted by molar-refractivity contribution is 8.00. The van der Waals surface area contributed by atoms with Gasteiger partial charge in [-0.05, 0) is 56.2 Å². The number of nitriles is 1. The number of nitrogens with one attached hydrogen (secondary N) is 1. The molecule has 0 unspecified atom stereocenters. The fourth-order valence-corrected chi connectivity index (χ4v) is 4.12. The number of nitrogens with zero attached hydrogens (tertiary/aromatic N) is 2. The van der Waals surface area contributed by atoms with Gasteiger partial charge in [-0.3, -0.25) is 4.79 Å². The Balaban J connectivity index is 1.67. The zero-order valence-corrected chi connectivity index (χ0v) is 16.9. The van der Waals surface area contributed by atoms with E-state index in [-0.39, 0.29) is 11.7 Å². The fraction of sp³-hybridized carbons (Fsp3) is 0.409. The maximum atomic E-state index is 12.3. The summed E-state index contributed by atoms with van der Waals surface area (Å²) in [5.74, 6) is 1.09. The first-order valence-electron chi connectivity index (χ1n) is 9.76. The van der Waals surface area contributed by atoms with Gasteiger partial charge in [0.25, 0.3) is 0 Å². The molecule has 0 spiro atoms. The van der Waals surface area contributed by atoms with Crippen LogP contribution >= 0.6 is 11.8 Å². The summed E-state index contributed by atoms with van der Waals surface area (Å²) in [4.78, 5) is 16.9. The fourth-order valence-electron chi connectivity index (χ4n) is 3.34. The number of amides is 1. The molecule has 0 aliphatic heterocycles. The van der Waals surface area contributed by atoms with Gasteiger partial charge in [-0.15, -0.1) is 0 Å². The van der Waals surface area contributed by atoms with E-state index in [1.165, 1.54) is 31.0 Å². The van der Waals surface area contributed by atoms with E-state index in [2.05, 4.69) is 16.4 Å². The van der Waals surface area contributed by atoms with E-state index < -0.39 is 0 Å². The van der Waals surface area contributed by atoms with E-state index in [0.717, 1.165) is 29.8 Å². The smallest absolute Gasteiger partial charge is 0.230 e. The van der Waals surface area contributed by atoms with Crippen molar-refractivity contribution in [1.29, 1.82) is 5.26 Å². The lowest BCUT2D eigenvalue weighted by molar-refractivity contribution is -0.119. The molecule has 1 aliphatic carbocycles. The highest BCUT2D eigenvalue weighted by atomic mass is 32.2. The number of aromatic nitrogens is 1. The molecule has 0 bridgehead atoms. The molecule has 0 saturated heterocycles. The van der Waals surface area contributed by atoms with E-state index in [9.17, 15) is 10.1 Å². The Morgan fingerprint density at radius 1 is 1.21 bits per heavy atom. The van der Waals surface area contributed by atoms with Gasteiger partial charge in [-0.2, -0.15) is 5.26 Å². The average molecular weight is 396 g/mol. The van der Waals surface area contributed by atoms with Crippen LogP contribution in [0.15, 0.2) is 41.4 Å². The van der Waals surface area contributed by atoms with E-state index >= 15 is 0 Å². The van der Waals surface area contributed by atoms with Crippen molar-refractivity contribution in [3.05, 3.63) is 42.0 Å². The van der Waals surface area contributed by atoms with Crippen molar-refractivity contribution in [2.24, 2.45) is 0 Å². The molecule has 6 heteroatoms. The van der Waals surface area contributed by atoms with Gasteiger partial charge in [0.05, 0.1) is 23.6 Å². The quantitative estimate of drug-likeness (QED) is 0.696. The number of carbonyl (C=O) groups is 1. The van der Waals surface area contributed by atoms with Crippen molar-refractivity contribution < 1.29 is 9.53 Å². The summed E-state index contributed by atoms with van der Waals surface area (Å²) in [6.45, 7) is 2.57. The summed E-state index contributed by atoms with van der Waals surface area (Å²) in [7, 11) is 0. The van der Waals surface area contributed by atoms with E-state index in [1.807, 2.05) is 37.3 Å². The third-order valence-electron chi connectivity index (χ3n) is 4.75. The van der Waals surface area contributed by atoms with Crippen LogP contribution in [0.1, 0.15) is 44.6 Å². The Kier molecular flexibility index (Phi) is 7.32. The van der Waals surface area contributed by atoms with E-state index in [0.29, 0.717) is 23.2 Å². The van der Waals surface area contributed by atoms with Crippen LogP contribution < -0.4 is 10.1 Å². The predicted molar refractivity (Wildman–Crippen MR) is 111 cm³/mol. The van der Waals surface area contributed by atoms with Crippen LogP contribution in [-0.4, -0.2) is 29.3 Å². The van der Waals surface area contributed by atoms with Crippen LogP contribution in [0, 0.1) is 11.3 Å². The molecule has 1 aromatic carbocycles. The molecule has 3 rings (SSSR count). The van der Waals surface area contributed by atoms with Crippen molar-refractivity contribution in [3.8, 4) is 23.1 Å². The molecular weight excluding hydrogens is 370 g/mol. The minimum Gasteiger partial charge on any atom is -0.494 e. The van der Waals surface area contributed by atoms with Gasteiger partial charge < -0.3 is 10.1 Å². The van der Waals surface area contributed by atoms with Crippen molar-refractivity contribution in [2.75, 3.05) is 12.4 Å². The lowest BCUT2D eigenvalue weighted by Gasteiger charge is -2.22. The molecule has 146 valence electrons. The lowest BCUT2D eigenvalue weighted by atomic mass is 9.95. The van der Waals surface area contributed by atoms with Crippen LogP contribution in [0.5, 0.6) is 5.75 Å². The minimum atomic E-state index is 0.00839. The number of hydrogen-bond donors (Lipinski definition) is 1. The number of ether oxygens (including phenoxy) is 1. The summed E-state index contributed by atoms with van der Waals surface area (Å²) in [5.41, 5.74) is 2.21. The second-order valence-electron chi connectivity index (χ2n) is 6.81. The standard InChI is InChI=1S/C22H25N3O2S/c1-2-27-19-11-8-16(9-12-19)20-13-10-17(14-23)22(25-20)28-15-21(26)24-18-6-4-3-5-7-18/h8-13,18H,2-7,15H2,1H3,(H,24,26). The SMILES string of the molecule is CCOc1ccc(-c2ccc(C#N)c(SCC(=O)NC3CCCCC3)n2)cc1. The molecule has 1 aliphatic rings. The van der Waals surface area contributed by atoms with Crippen LogP contribution in [0.4, 0.5) is 0 Å². The Morgan fingerprint density at radius 2 is 1.96 bits per heavy atom. The first-order valence-corrected chi connectivity index (χ1v) is 10.7. The van der Waals surface area contributed by atoms with Gasteiger partial charge in [-0.25, -0.2) is 4.98 Å². The third kappa shape index (κ3) is 5.49. The van der Waals surface area contributed by atoms with Gasteiger partial charge >= 0.3 is 0 Å². The van der Waals surface area contributed by atoms with Crippen LogP contribution in [-0.2, 0) is 4.79 Å². The Labute approximate surface area is 170 Å². The monoisotopic (exact) mass is 395 g/mol. The van der Waals surface area contributed by atoms with Gasteiger partial charge in [0.15, 0.2) is 0 Å². The van der Waals surface area contributed by atoms with Crippen LogP contribution in [0.25, 0.3) is 11.3 Å². The topological polar surface area (TPSA) is 75.0 Å².